The molecule has 0 spiro atoms. The minimum absolute atomic E-state index is 0.213. The van der Waals surface area contributed by atoms with E-state index in [9.17, 15) is 0 Å². The third-order valence-electron chi connectivity index (χ3n) is 3.76. The molecule has 0 atom stereocenters. The largest absolute Gasteiger partial charge is 0.497 e. The minimum atomic E-state index is 0.213. The molecule has 0 saturated carbocycles. The average Bonchev–Trinajstić information content (AvgIpc) is 2.67. The van der Waals surface area contributed by atoms with Crippen LogP contribution in [0.5, 0.6) is 11.5 Å². The predicted octanol–water partition coefficient (Wildman–Crippen LogP) is 3.79. The summed E-state index contributed by atoms with van der Waals surface area (Å²) in [5.41, 5.74) is 8.71. The number of hydrogen-bond donors (Lipinski definition) is 1. The van der Waals surface area contributed by atoms with Crippen LogP contribution < -0.4 is 15.2 Å². The highest BCUT2D eigenvalue weighted by molar-refractivity contribution is 5.69. The summed E-state index contributed by atoms with van der Waals surface area (Å²) in [6, 6.07) is 20.8. The Morgan fingerprint density at radius 2 is 1.80 bits per heavy atom. The van der Waals surface area contributed by atoms with E-state index in [1.807, 2.05) is 54.6 Å². The number of hydrogen-bond acceptors (Lipinski definition) is 5. The Hall–Kier alpha value is -3.52. The van der Waals surface area contributed by atoms with E-state index in [0.717, 1.165) is 16.9 Å². The summed E-state index contributed by atoms with van der Waals surface area (Å²) in [4.78, 5) is 4.31. The molecule has 0 amide bonds. The number of methoxy groups -OCH3 is 1. The first-order valence-corrected chi connectivity index (χ1v) is 7.73. The van der Waals surface area contributed by atoms with E-state index in [4.69, 9.17) is 20.5 Å². The zero-order chi connectivity index (χ0) is 17.6. The van der Waals surface area contributed by atoms with Crippen LogP contribution in [0, 0.1) is 11.3 Å². The first-order chi connectivity index (χ1) is 12.2. The Labute approximate surface area is 146 Å². The van der Waals surface area contributed by atoms with Crippen molar-refractivity contribution in [3.8, 4) is 28.8 Å². The lowest BCUT2D eigenvalue weighted by molar-refractivity contribution is 0.307. The van der Waals surface area contributed by atoms with Gasteiger partial charge in [-0.3, -0.25) is 0 Å². The van der Waals surface area contributed by atoms with Gasteiger partial charge in [0.1, 0.15) is 30.0 Å². The Balaban J connectivity index is 1.83. The number of pyridine rings is 1. The zero-order valence-corrected chi connectivity index (χ0v) is 13.8. The van der Waals surface area contributed by atoms with Gasteiger partial charge in [0, 0.05) is 5.56 Å². The fourth-order valence-electron chi connectivity index (χ4n) is 2.41. The van der Waals surface area contributed by atoms with Crippen molar-refractivity contribution >= 4 is 5.82 Å². The Kier molecular flexibility index (Phi) is 4.82. The van der Waals surface area contributed by atoms with Crippen LogP contribution in [-0.2, 0) is 6.61 Å². The second-order valence-electron chi connectivity index (χ2n) is 5.37. The lowest BCUT2D eigenvalue weighted by Crippen LogP contribution is -1.99. The molecule has 25 heavy (non-hydrogen) atoms. The molecule has 0 saturated heterocycles. The highest BCUT2D eigenvalue weighted by Gasteiger charge is 2.10. The lowest BCUT2D eigenvalue weighted by Gasteiger charge is -2.12. The van der Waals surface area contributed by atoms with E-state index in [-0.39, 0.29) is 5.82 Å². The highest BCUT2D eigenvalue weighted by atomic mass is 16.5. The van der Waals surface area contributed by atoms with E-state index in [1.54, 1.807) is 19.2 Å². The van der Waals surface area contributed by atoms with Gasteiger partial charge in [0.2, 0.25) is 0 Å². The summed E-state index contributed by atoms with van der Waals surface area (Å²) in [6.45, 7) is 0.423. The molecule has 2 N–H and O–H groups in total. The van der Waals surface area contributed by atoms with Gasteiger partial charge in [-0.05, 0) is 42.0 Å². The molecule has 0 aliphatic carbocycles. The van der Waals surface area contributed by atoms with Gasteiger partial charge in [0.05, 0.1) is 18.4 Å². The maximum Gasteiger partial charge on any atom is 0.142 e. The van der Waals surface area contributed by atoms with Gasteiger partial charge in [0.25, 0.3) is 0 Å². The van der Waals surface area contributed by atoms with Gasteiger partial charge >= 0.3 is 0 Å². The average molecular weight is 331 g/mol. The molecule has 3 aromatic rings. The second kappa shape index (κ2) is 7.37. The van der Waals surface area contributed by atoms with Crippen molar-refractivity contribution in [3.63, 3.8) is 0 Å². The standard InChI is InChI=1S/C20H17N3O2/c1-24-16-9-6-14(7-10-16)13-25-19-5-3-2-4-17(19)18-11-8-15(12-21)20(22)23-18/h2-11H,13H2,1H3,(H2,22,23). The summed E-state index contributed by atoms with van der Waals surface area (Å²) in [6.07, 6.45) is 0. The van der Waals surface area contributed by atoms with Crippen molar-refractivity contribution in [2.45, 2.75) is 6.61 Å². The smallest absolute Gasteiger partial charge is 0.142 e. The first-order valence-electron chi connectivity index (χ1n) is 7.73. The van der Waals surface area contributed by atoms with Crippen molar-refractivity contribution in [1.29, 1.82) is 5.26 Å². The summed E-state index contributed by atoms with van der Waals surface area (Å²) in [5.74, 6) is 1.72. The van der Waals surface area contributed by atoms with Crippen LogP contribution in [0.4, 0.5) is 5.82 Å². The van der Waals surface area contributed by atoms with E-state index in [1.165, 1.54) is 0 Å². The molecule has 0 unspecified atom stereocenters. The molecule has 0 radical (unpaired) electrons. The van der Waals surface area contributed by atoms with Crippen molar-refractivity contribution < 1.29 is 9.47 Å². The molecule has 2 aromatic carbocycles. The Bertz CT molecular complexity index is 915. The summed E-state index contributed by atoms with van der Waals surface area (Å²) < 4.78 is 11.1. The van der Waals surface area contributed by atoms with Crippen molar-refractivity contribution in [1.82, 2.24) is 4.98 Å². The minimum Gasteiger partial charge on any atom is -0.497 e. The number of nitrogens with two attached hydrogens (primary N) is 1. The number of ether oxygens (including phenoxy) is 2. The Morgan fingerprint density at radius 1 is 1.04 bits per heavy atom. The number of nitrogens with zero attached hydrogens (tertiary/aromatic N) is 2. The third-order valence-corrected chi connectivity index (χ3v) is 3.76. The summed E-state index contributed by atoms with van der Waals surface area (Å²) in [5, 5.41) is 8.98. The van der Waals surface area contributed by atoms with Crippen LogP contribution in [0.3, 0.4) is 0 Å². The quantitative estimate of drug-likeness (QED) is 0.769. The van der Waals surface area contributed by atoms with E-state index in [0.29, 0.717) is 23.6 Å². The number of para-hydroxylation sites is 1. The van der Waals surface area contributed by atoms with E-state index >= 15 is 0 Å². The van der Waals surface area contributed by atoms with Gasteiger partial charge in [0.15, 0.2) is 0 Å². The molecular formula is C20H17N3O2. The molecule has 0 fully saturated rings. The van der Waals surface area contributed by atoms with Gasteiger partial charge < -0.3 is 15.2 Å². The molecule has 5 nitrogen and oxygen atoms in total. The van der Waals surface area contributed by atoms with Crippen LogP contribution in [0.25, 0.3) is 11.3 Å². The normalized spacial score (nSPS) is 10.1. The van der Waals surface area contributed by atoms with Gasteiger partial charge in [-0.1, -0.05) is 24.3 Å². The number of nitrogen functional groups attached to an aromatic ring is 1. The third kappa shape index (κ3) is 3.70. The second-order valence-corrected chi connectivity index (χ2v) is 5.37. The maximum absolute atomic E-state index is 8.98. The summed E-state index contributed by atoms with van der Waals surface area (Å²) in [7, 11) is 1.64. The fraction of sp³-hybridized carbons (Fsp3) is 0.100. The van der Waals surface area contributed by atoms with Crippen LogP contribution in [0.15, 0.2) is 60.7 Å². The van der Waals surface area contributed by atoms with Crippen molar-refractivity contribution in [2.75, 3.05) is 12.8 Å². The van der Waals surface area contributed by atoms with Gasteiger partial charge in [-0.2, -0.15) is 5.26 Å². The fourth-order valence-corrected chi connectivity index (χ4v) is 2.41. The number of rotatable bonds is 5. The topological polar surface area (TPSA) is 81.2 Å². The number of benzene rings is 2. The predicted molar refractivity (Wildman–Crippen MR) is 96.1 cm³/mol. The molecule has 0 bridgehead atoms. The summed E-state index contributed by atoms with van der Waals surface area (Å²) >= 11 is 0. The molecule has 0 aliphatic rings. The highest BCUT2D eigenvalue weighted by Crippen LogP contribution is 2.30. The number of nitriles is 1. The molecule has 0 aliphatic heterocycles. The molecule has 5 heteroatoms. The van der Waals surface area contributed by atoms with Gasteiger partial charge in [-0.25, -0.2) is 4.98 Å². The molecule has 1 aromatic heterocycles. The molecule has 3 rings (SSSR count). The van der Waals surface area contributed by atoms with Crippen LogP contribution >= 0.6 is 0 Å². The lowest BCUT2D eigenvalue weighted by atomic mass is 10.1. The van der Waals surface area contributed by atoms with Crippen LogP contribution in [0.1, 0.15) is 11.1 Å². The van der Waals surface area contributed by atoms with Gasteiger partial charge in [-0.15, -0.1) is 0 Å². The van der Waals surface area contributed by atoms with E-state index < -0.39 is 0 Å². The number of aromatic nitrogens is 1. The van der Waals surface area contributed by atoms with Crippen LogP contribution in [-0.4, -0.2) is 12.1 Å². The van der Waals surface area contributed by atoms with Crippen molar-refractivity contribution in [2.24, 2.45) is 0 Å². The monoisotopic (exact) mass is 331 g/mol. The van der Waals surface area contributed by atoms with Crippen molar-refractivity contribution in [3.05, 3.63) is 71.8 Å². The zero-order valence-electron chi connectivity index (χ0n) is 13.8. The maximum atomic E-state index is 8.98. The SMILES string of the molecule is COc1ccc(COc2ccccc2-c2ccc(C#N)c(N)n2)cc1. The molecule has 124 valence electrons. The molecular weight excluding hydrogens is 314 g/mol. The molecule has 1 heterocycles. The van der Waals surface area contributed by atoms with Crippen LogP contribution in [0.2, 0.25) is 0 Å². The first kappa shape index (κ1) is 16.3. The van der Waals surface area contributed by atoms with E-state index in [2.05, 4.69) is 4.98 Å². The Morgan fingerprint density at radius 3 is 2.48 bits per heavy atom. The number of anilines is 1.